The standard InChI is InChI=1S/C10H13ClS/c1-8-7-10(12)5-4-9(8)3-2-6-11/h4-5,7,12H,2-3,6H2,1H3. The zero-order chi connectivity index (χ0) is 8.97. The molecule has 0 bridgehead atoms. The van der Waals surface area contributed by atoms with Crippen LogP contribution in [0.1, 0.15) is 17.5 Å². The topological polar surface area (TPSA) is 0 Å². The fourth-order valence-electron chi connectivity index (χ4n) is 1.22. The summed E-state index contributed by atoms with van der Waals surface area (Å²) >= 11 is 9.89. The smallest absolute Gasteiger partial charge is 0.0226 e. The van der Waals surface area contributed by atoms with Gasteiger partial charge in [0.25, 0.3) is 0 Å². The summed E-state index contributed by atoms with van der Waals surface area (Å²) in [6.45, 7) is 2.11. The minimum Gasteiger partial charge on any atom is -0.143 e. The van der Waals surface area contributed by atoms with Crippen molar-refractivity contribution in [2.75, 3.05) is 5.88 Å². The number of halogens is 1. The molecule has 0 radical (unpaired) electrons. The molecular formula is C10H13ClS. The first-order chi connectivity index (χ1) is 5.74. The van der Waals surface area contributed by atoms with Gasteiger partial charge in [0.05, 0.1) is 0 Å². The molecule has 0 amide bonds. The second-order valence-electron chi connectivity index (χ2n) is 2.90. The molecule has 0 heterocycles. The van der Waals surface area contributed by atoms with Crippen LogP contribution in [-0.2, 0) is 6.42 Å². The largest absolute Gasteiger partial charge is 0.143 e. The molecular weight excluding hydrogens is 188 g/mol. The molecule has 2 heteroatoms. The van der Waals surface area contributed by atoms with Gasteiger partial charge in [-0.05, 0) is 43.0 Å². The Morgan fingerprint density at radius 2 is 2.17 bits per heavy atom. The second-order valence-corrected chi connectivity index (χ2v) is 3.80. The first kappa shape index (κ1) is 9.94. The maximum absolute atomic E-state index is 5.62. The van der Waals surface area contributed by atoms with Crippen LogP contribution in [0.15, 0.2) is 23.1 Å². The van der Waals surface area contributed by atoms with Crippen LogP contribution in [0, 0.1) is 6.92 Å². The van der Waals surface area contributed by atoms with Gasteiger partial charge >= 0.3 is 0 Å². The molecule has 0 spiro atoms. The zero-order valence-electron chi connectivity index (χ0n) is 7.18. The molecule has 0 atom stereocenters. The van der Waals surface area contributed by atoms with E-state index in [2.05, 4.69) is 31.7 Å². The van der Waals surface area contributed by atoms with Crippen molar-refractivity contribution in [2.45, 2.75) is 24.7 Å². The molecule has 1 aromatic rings. The van der Waals surface area contributed by atoms with E-state index in [1.165, 1.54) is 11.1 Å². The van der Waals surface area contributed by atoms with Crippen molar-refractivity contribution in [2.24, 2.45) is 0 Å². The highest BCUT2D eigenvalue weighted by atomic mass is 35.5. The lowest BCUT2D eigenvalue weighted by atomic mass is 10.0. The first-order valence-corrected chi connectivity index (χ1v) is 5.06. The van der Waals surface area contributed by atoms with Crippen molar-refractivity contribution in [3.8, 4) is 0 Å². The Morgan fingerprint density at radius 1 is 1.42 bits per heavy atom. The minimum absolute atomic E-state index is 0.738. The Balaban J connectivity index is 2.72. The number of hydrogen-bond acceptors (Lipinski definition) is 1. The molecule has 0 saturated carbocycles. The predicted octanol–water partition coefficient (Wildman–Crippen LogP) is 3.46. The molecule has 0 aliphatic rings. The molecule has 66 valence electrons. The molecule has 0 nitrogen and oxygen atoms in total. The van der Waals surface area contributed by atoms with E-state index in [0.717, 1.165) is 23.6 Å². The molecule has 12 heavy (non-hydrogen) atoms. The van der Waals surface area contributed by atoms with E-state index in [9.17, 15) is 0 Å². The average Bonchev–Trinajstić information content (AvgIpc) is 2.03. The summed E-state index contributed by atoms with van der Waals surface area (Å²) in [5.74, 6) is 0.738. The van der Waals surface area contributed by atoms with Crippen LogP contribution >= 0.6 is 24.2 Å². The Hall–Kier alpha value is -0.140. The van der Waals surface area contributed by atoms with E-state index >= 15 is 0 Å². The normalized spacial score (nSPS) is 10.2. The van der Waals surface area contributed by atoms with Gasteiger partial charge in [0.2, 0.25) is 0 Å². The Bertz CT molecular complexity index is 258. The van der Waals surface area contributed by atoms with Crippen LogP contribution in [0.2, 0.25) is 0 Å². The molecule has 0 aliphatic heterocycles. The summed E-state index contributed by atoms with van der Waals surface area (Å²) < 4.78 is 0. The molecule has 0 N–H and O–H groups in total. The van der Waals surface area contributed by atoms with Crippen LogP contribution in [0.4, 0.5) is 0 Å². The van der Waals surface area contributed by atoms with Gasteiger partial charge < -0.3 is 0 Å². The highest BCUT2D eigenvalue weighted by Crippen LogP contribution is 2.15. The van der Waals surface area contributed by atoms with Gasteiger partial charge in [-0.3, -0.25) is 0 Å². The molecule has 0 aromatic heterocycles. The average molecular weight is 201 g/mol. The summed E-state index contributed by atoms with van der Waals surface area (Å²) in [6, 6.07) is 6.25. The van der Waals surface area contributed by atoms with E-state index in [0.29, 0.717) is 0 Å². The highest BCUT2D eigenvalue weighted by molar-refractivity contribution is 7.80. The van der Waals surface area contributed by atoms with Crippen molar-refractivity contribution in [3.05, 3.63) is 29.3 Å². The van der Waals surface area contributed by atoms with Gasteiger partial charge in [0.1, 0.15) is 0 Å². The van der Waals surface area contributed by atoms with Crippen LogP contribution in [0.3, 0.4) is 0 Å². The van der Waals surface area contributed by atoms with Crippen LogP contribution in [0.5, 0.6) is 0 Å². The van der Waals surface area contributed by atoms with E-state index in [1.807, 2.05) is 6.07 Å². The van der Waals surface area contributed by atoms with Gasteiger partial charge in [-0.25, -0.2) is 0 Å². The fraction of sp³-hybridized carbons (Fsp3) is 0.400. The van der Waals surface area contributed by atoms with Gasteiger partial charge in [-0.2, -0.15) is 0 Å². The van der Waals surface area contributed by atoms with Crippen LogP contribution in [0.25, 0.3) is 0 Å². The van der Waals surface area contributed by atoms with Gasteiger partial charge in [0, 0.05) is 10.8 Å². The van der Waals surface area contributed by atoms with E-state index in [-0.39, 0.29) is 0 Å². The van der Waals surface area contributed by atoms with Gasteiger partial charge in [-0.15, -0.1) is 24.2 Å². The van der Waals surface area contributed by atoms with Gasteiger partial charge in [-0.1, -0.05) is 6.07 Å². The molecule has 0 fully saturated rings. The highest BCUT2D eigenvalue weighted by Gasteiger charge is 1.97. The quantitative estimate of drug-likeness (QED) is 0.561. The second kappa shape index (κ2) is 4.78. The van der Waals surface area contributed by atoms with E-state index < -0.39 is 0 Å². The molecule has 0 unspecified atom stereocenters. The zero-order valence-corrected chi connectivity index (χ0v) is 8.83. The third-order valence-electron chi connectivity index (χ3n) is 1.91. The molecule has 1 rings (SSSR count). The summed E-state index contributed by atoms with van der Waals surface area (Å²) in [6.07, 6.45) is 2.12. The lowest BCUT2D eigenvalue weighted by Gasteiger charge is -2.04. The van der Waals surface area contributed by atoms with Crippen molar-refractivity contribution >= 4 is 24.2 Å². The Labute approximate surface area is 84.3 Å². The van der Waals surface area contributed by atoms with E-state index in [4.69, 9.17) is 11.6 Å². The van der Waals surface area contributed by atoms with Crippen molar-refractivity contribution < 1.29 is 0 Å². The SMILES string of the molecule is Cc1cc(S)ccc1CCCCl. The Morgan fingerprint density at radius 3 is 2.75 bits per heavy atom. The lowest BCUT2D eigenvalue weighted by molar-refractivity contribution is 0.917. The Kier molecular flexibility index (Phi) is 3.96. The molecule has 1 aromatic carbocycles. The fourth-order valence-corrected chi connectivity index (χ4v) is 1.62. The maximum Gasteiger partial charge on any atom is 0.0226 e. The molecule has 0 aliphatic carbocycles. The number of aryl methyl sites for hydroxylation is 2. The lowest BCUT2D eigenvalue weighted by Crippen LogP contribution is -1.90. The monoisotopic (exact) mass is 200 g/mol. The number of thiol groups is 1. The number of hydrogen-bond donors (Lipinski definition) is 1. The third kappa shape index (κ3) is 2.72. The number of alkyl halides is 1. The van der Waals surface area contributed by atoms with Gasteiger partial charge in [0.15, 0.2) is 0 Å². The predicted molar refractivity (Wildman–Crippen MR) is 57.5 cm³/mol. The summed E-state index contributed by atoms with van der Waals surface area (Å²) in [7, 11) is 0. The summed E-state index contributed by atoms with van der Waals surface area (Å²) in [4.78, 5) is 1.03. The van der Waals surface area contributed by atoms with Crippen molar-refractivity contribution in [3.63, 3.8) is 0 Å². The van der Waals surface area contributed by atoms with Crippen LogP contribution in [-0.4, -0.2) is 5.88 Å². The molecule has 0 saturated heterocycles. The summed E-state index contributed by atoms with van der Waals surface area (Å²) in [5, 5.41) is 0. The number of rotatable bonds is 3. The number of benzene rings is 1. The van der Waals surface area contributed by atoms with Crippen molar-refractivity contribution in [1.82, 2.24) is 0 Å². The van der Waals surface area contributed by atoms with Crippen molar-refractivity contribution in [1.29, 1.82) is 0 Å². The minimum atomic E-state index is 0.738. The maximum atomic E-state index is 5.62. The van der Waals surface area contributed by atoms with Crippen LogP contribution < -0.4 is 0 Å². The van der Waals surface area contributed by atoms with E-state index in [1.54, 1.807) is 0 Å². The first-order valence-electron chi connectivity index (χ1n) is 4.08. The third-order valence-corrected chi connectivity index (χ3v) is 2.45. The summed E-state index contributed by atoms with van der Waals surface area (Å²) in [5.41, 5.74) is 2.70.